The number of alkyl halides is 6. The third-order valence-corrected chi connectivity index (χ3v) is 6.42. The van der Waals surface area contributed by atoms with E-state index in [9.17, 15) is 30.9 Å². The van der Waals surface area contributed by atoms with E-state index >= 15 is 0 Å². The van der Waals surface area contributed by atoms with Crippen molar-refractivity contribution < 1.29 is 40.0 Å². The highest BCUT2D eigenvalue weighted by Crippen LogP contribution is 2.69. The van der Waals surface area contributed by atoms with E-state index in [1.807, 2.05) is 0 Å². The maximum absolute atomic E-state index is 13.3. The zero-order chi connectivity index (χ0) is 20.7. The van der Waals surface area contributed by atoms with Crippen LogP contribution in [0, 0.1) is 6.92 Å². The summed E-state index contributed by atoms with van der Waals surface area (Å²) in [6.07, 6.45) is -9.77. The van der Waals surface area contributed by atoms with Crippen LogP contribution in [-0.4, -0.2) is 25.6 Å². The number of fused-ring (bicyclic) bond motifs is 3. The van der Waals surface area contributed by atoms with Gasteiger partial charge in [0.25, 0.3) is 0 Å². The van der Waals surface area contributed by atoms with Crippen molar-refractivity contribution in [3.05, 3.63) is 59.2 Å². The summed E-state index contributed by atoms with van der Waals surface area (Å²) in [5.41, 5.74) is 1.16. The van der Waals surface area contributed by atoms with Crippen molar-refractivity contribution in [1.82, 2.24) is 0 Å². The molecule has 0 spiro atoms. The van der Waals surface area contributed by atoms with Gasteiger partial charge in [-0.3, -0.25) is 13.6 Å². The Morgan fingerprint density at radius 3 is 1.96 bits per heavy atom. The van der Waals surface area contributed by atoms with Crippen LogP contribution in [0.1, 0.15) is 22.3 Å². The molecule has 0 saturated heterocycles. The normalized spacial score (nSPS) is 16.8. The first-order valence-corrected chi connectivity index (χ1v) is 9.73. The molecule has 2 aromatic carbocycles. The summed E-state index contributed by atoms with van der Waals surface area (Å²) in [6, 6.07) is 11.2. The summed E-state index contributed by atoms with van der Waals surface area (Å²) >= 11 is 0. The van der Waals surface area contributed by atoms with Gasteiger partial charge < -0.3 is 0 Å². The second-order valence-electron chi connectivity index (χ2n) is 6.35. The minimum Gasteiger partial charge on any atom is -0.298 e. The predicted octanol–water partition coefficient (Wildman–Crippen LogP) is 6.42. The SMILES string of the molecule is Cc1cccc2c1-c1ccccc1C2P(=O)(OCC(F)(F)F)OCC(F)(F)F. The molecule has 0 heterocycles. The van der Waals surface area contributed by atoms with Gasteiger partial charge in [-0.1, -0.05) is 42.5 Å². The Balaban J connectivity index is 2.12. The van der Waals surface area contributed by atoms with Gasteiger partial charge in [0.1, 0.15) is 5.66 Å². The van der Waals surface area contributed by atoms with Crippen molar-refractivity contribution in [1.29, 1.82) is 0 Å². The van der Waals surface area contributed by atoms with Crippen molar-refractivity contribution in [3.63, 3.8) is 0 Å². The Hall–Kier alpha value is -1.83. The van der Waals surface area contributed by atoms with Gasteiger partial charge in [0.15, 0.2) is 13.2 Å². The lowest BCUT2D eigenvalue weighted by atomic mass is 10.0. The van der Waals surface area contributed by atoms with Crippen molar-refractivity contribution in [3.8, 4) is 11.1 Å². The van der Waals surface area contributed by atoms with Gasteiger partial charge in [0, 0.05) is 0 Å². The molecule has 0 N–H and O–H groups in total. The molecule has 1 atom stereocenters. The molecule has 0 radical (unpaired) electrons. The smallest absolute Gasteiger partial charge is 0.298 e. The van der Waals surface area contributed by atoms with Gasteiger partial charge in [-0.15, -0.1) is 0 Å². The second-order valence-corrected chi connectivity index (χ2v) is 8.46. The van der Waals surface area contributed by atoms with Crippen LogP contribution in [-0.2, 0) is 13.6 Å². The Labute approximate surface area is 156 Å². The highest BCUT2D eigenvalue weighted by molar-refractivity contribution is 7.54. The molecule has 0 fully saturated rings. The first-order chi connectivity index (χ1) is 12.9. The van der Waals surface area contributed by atoms with E-state index < -0.39 is 38.8 Å². The lowest BCUT2D eigenvalue weighted by Gasteiger charge is -2.26. The average molecular weight is 424 g/mol. The standard InChI is InChI=1S/C18H15F6O3P/c1-11-5-4-8-14-15(11)12-6-2-3-7-13(12)16(14)28(25,26-9-17(19,20)21)27-10-18(22,23)24/h2-8,16H,9-10H2,1H3. The summed E-state index contributed by atoms with van der Waals surface area (Å²) in [5, 5.41) is 0. The van der Waals surface area contributed by atoms with Crippen molar-refractivity contribution in [2.45, 2.75) is 24.9 Å². The largest absolute Gasteiger partial charge is 0.412 e. The Bertz CT molecular complexity index is 900. The number of hydrogen-bond acceptors (Lipinski definition) is 3. The molecule has 0 bridgehead atoms. The van der Waals surface area contributed by atoms with Gasteiger partial charge in [0.05, 0.1) is 0 Å². The van der Waals surface area contributed by atoms with Gasteiger partial charge in [-0.05, 0) is 34.7 Å². The van der Waals surface area contributed by atoms with Crippen molar-refractivity contribution >= 4 is 7.60 Å². The van der Waals surface area contributed by atoms with Crippen LogP contribution in [0.15, 0.2) is 42.5 Å². The number of hydrogen-bond donors (Lipinski definition) is 0. The molecule has 152 valence electrons. The molecule has 3 nitrogen and oxygen atoms in total. The van der Waals surface area contributed by atoms with Crippen LogP contribution in [0.5, 0.6) is 0 Å². The fourth-order valence-electron chi connectivity index (χ4n) is 3.27. The van der Waals surface area contributed by atoms with Crippen molar-refractivity contribution in [2.75, 3.05) is 13.2 Å². The molecular formula is C18H15F6O3P. The maximum atomic E-state index is 13.3. The minimum absolute atomic E-state index is 0.305. The summed E-state index contributed by atoms with van der Waals surface area (Å²) < 4.78 is 98.4. The molecule has 0 aliphatic heterocycles. The molecule has 1 unspecified atom stereocenters. The molecule has 3 rings (SSSR count). The van der Waals surface area contributed by atoms with E-state index in [1.165, 1.54) is 12.1 Å². The Kier molecular flexibility index (Phi) is 5.38. The molecule has 0 amide bonds. The van der Waals surface area contributed by atoms with Gasteiger partial charge in [0.2, 0.25) is 0 Å². The summed E-state index contributed by atoms with van der Waals surface area (Å²) in [6.45, 7) is -2.22. The highest BCUT2D eigenvalue weighted by atomic mass is 31.2. The Morgan fingerprint density at radius 1 is 0.857 bits per heavy atom. The second kappa shape index (κ2) is 7.21. The van der Waals surface area contributed by atoms with Crippen LogP contribution in [0.2, 0.25) is 0 Å². The quantitative estimate of drug-likeness (QED) is 0.411. The van der Waals surface area contributed by atoms with Crippen LogP contribution in [0.4, 0.5) is 26.3 Å². The van der Waals surface area contributed by atoms with E-state index in [2.05, 4.69) is 9.05 Å². The van der Waals surface area contributed by atoms with E-state index in [0.717, 1.165) is 5.56 Å². The topological polar surface area (TPSA) is 35.5 Å². The zero-order valence-corrected chi connectivity index (χ0v) is 15.4. The van der Waals surface area contributed by atoms with Crippen LogP contribution < -0.4 is 0 Å². The highest BCUT2D eigenvalue weighted by Gasteiger charge is 2.48. The number of aryl methyl sites for hydroxylation is 1. The molecular weight excluding hydrogens is 409 g/mol. The fourth-order valence-corrected chi connectivity index (χ4v) is 5.42. The third kappa shape index (κ3) is 4.26. The minimum atomic E-state index is -4.88. The monoisotopic (exact) mass is 424 g/mol. The predicted molar refractivity (Wildman–Crippen MR) is 90.1 cm³/mol. The Morgan fingerprint density at radius 2 is 1.39 bits per heavy atom. The van der Waals surface area contributed by atoms with E-state index in [4.69, 9.17) is 0 Å². The van der Waals surface area contributed by atoms with Crippen LogP contribution in [0.3, 0.4) is 0 Å². The van der Waals surface area contributed by atoms with Crippen LogP contribution >= 0.6 is 7.60 Å². The molecule has 10 heteroatoms. The first kappa shape index (κ1) is 20.9. The molecule has 1 aliphatic rings. The van der Waals surface area contributed by atoms with E-state index in [-0.39, 0.29) is 0 Å². The summed E-state index contributed by atoms with van der Waals surface area (Å²) in [5.74, 6) is 0. The molecule has 1 aliphatic carbocycles. The zero-order valence-electron chi connectivity index (χ0n) is 14.5. The van der Waals surface area contributed by atoms with Crippen molar-refractivity contribution in [2.24, 2.45) is 0 Å². The third-order valence-electron chi connectivity index (χ3n) is 4.26. The van der Waals surface area contributed by atoms with Gasteiger partial charge in [-0.2, -0.15) is 26.3 Å². The van der Waals surface area contributed by atoms with Gasteiger partial charge in [-0.25, -0.2) is 0 Å². The lowest BCUT2D eigenvalue weighted by molar-refractivity contribution is -0.165. The molecule has 28 heavy (non-hydrogen) atoms. The summed E-state index contributed by atoms with van der Waals surface area (Å²) in [4.78, 5) is 0. The van der Waals surface area contributed by atoms with E-state index in [0.29, 0.717) is 22.3 Å². The number of benzene rings is 2. The maximum Gasteiger partial charge on any atom is 0.412 e. The summed E-state index contributed by atoms with van der Waals surface area (Å²) in [7, 11) is -4.88. The van der Waals surface area contributed by atoms with Gasteiger partial charge >= 0.3 is 19.9 Å². The molecule has 2 aromatic rings. The number of rotatable bonds is 5. The number of halogens is 6. The average Bonchev–Trinajstić information content (AvgIpc) is 2.93. The van der Waals surface area contributed by atoms with E-state index in [1.54, 1.807) is 37.3 Å². The first-order valence-electron chi connectivity index (χ1n) is 8.12. The fraction of sp³-hybridized carbons (Fsp3) is 0.333. The molecule has 0 saturated carbocycles. The van der Waals surface area contributed by atoms with Crippen LogP contribution in [0.25, 0.3) is 11.1 Å². The molecule has 0 aromatic heterocycles. The lowest BCUT2D eigenvalue weighted by Crippen LogP contribution is -2.21.